The second kappa shape index (κ2) is 5.03. The molecule has 1 amide bonds. The van der Waals surface area contributed by atoms with Crippen molar-refractivity contribution in [1.82, 2.24) is 4.98 Å². The molecule has 1 aliphatic heterocycles. The quantitative estimate of drug-likeness (QED) is 0.893. The van der Waals surface area contributed by atoms with Gasteiger partial charge in [0, 0.05) is 24.4 Å². The van der Waals surface area contributed by atoms with Crippen molar-refractivity contribution in [3.63, 3.8) is 0 Å². The number of carbonyl (C=O) groups excluding carboxylic acids is 1. The number of nitrogens with one attached hydrogen (secondary N) is 2. The lowest BCUT2D eigenvalue weighted by Gasteiger charge is -2.22. The Morgan fingerprint density at radius 2 is 2.35 bits per heavy atom. The van der Waals surface area contributed by atoms with Gasteiger partial charge < -0.3 is 10.6 Å². The molecule has 0 radical (unpaired) electrons. The minimum Gasteiger partial charge on any atom is -0.365 e. The molecule has 1 aliphatic rings. The van der Waals surface area contributed by atoms with Gasteiger partial charge in [-0.05, 0) is 17.7 Å². The van der Waals surface area contributed by atoms with E-state index < -0.39 is 0 Å². The van der Waals surface area contributed by atoms with Gasteiger partial charge in [-0.25, -0.2) is 9.37 Å². The number of fused-ring (bicyclic) bond motifs is 1. The topological polar surface area (TPSA) is 54.0 Å². The molecule has 0 saturated carbocycles. The Bertz CT molecular complexity index is 688. The van der Waals surface area contributed by atoms with Gasteiger partial charge in [0.05, 0.1) is 4.88 Å². The summed E-state index contributed by atoms with van der Waals surface area (Å²) >= 11 is 7.58. The molecule has 2 N–H and O–H groups in total. The van der Waals surface area contributed by atoms with E-state index in [1.54, 1.807) is 13.1 Å². The van der Waals surface area contributed by atoms with Gasteiger partial charge in [0.15, 0.2) is 5.13 Å². The Morgan fingerprint density at radius 1 is 1.55 bits per heavy atom. The minimum atomic E-state index is -0.389. The van der Waals surface area contributed by atoms with E-state index in [0.29, 0.717) is 10.8 Å². The van der Waals surface area contributed by atoms with Crippen molar-refractivity contribution >= 4 is 39.8 Å². The first-order chi connectivity index (χ1) is 9.58. The molecule has 7 heteroatoms. The van der Waals surface area contributed by atoms with Crippen molar-refractivity contribution in [3.05, 3.63) is 39.5 Å². The van der Waals surface area contributed by atoms with Gasteiger partial charge >= 0.3 is 0 Å². The van der Waals surface area contributed by atoms with E-state index in [-0.39, 0.29) is 24.1 Å². The first kappa shape index (κ1) is 13.3. The van der Waals surface area contributed by atoms with Gasteiger partial charge in [-0.2, -0.15) is 0 Å². The summed E-state index contributed by atoms with van der Waals surface area (Å²) in [5.74, 6) is -0.136. The zero-order chi connectivity index (χ0) is 14.3. The molecule has 0 unspecified atom stereocenters. The van der Waals surface area contributed by atoms with E-state index >= 15 is 0 Å². The molecule has 2 aromatic rings. The van der Waals surface area contributed by atoms with Crippen molar-refractivity contribution in [1.29, 1.82) is 0 Å². The van der Waals surface area contributed by atoms with Gasteiger partial charge in [0.25, 0.3) is 0 Å². The lowest BCUT2D eigenvalue weighted by atomic mass is 9.91. The van der Waals surface area contributed by atoms with Crippen molar-refractivity contribution in [3.8, 4) is 0 Å². The van der Waals surface area contributed by atoms with Crippen LogP contribution in [0, 0.1) is 5.82 Å². The minimum absolute atomic E-state index is 0.115. The number of halogens is 2. The normalized spacial score (nSPS) is 17.6. The van der Waals surface area contributed by atoms with E-state index in [1.807, 2.05) is 0 Å². The third kappa shape index (κ3) is 2.25. The predicted octanol–water partition coefficient (Wildman–Crippen LogP) is 3.45. The summed E-state index contributed by atoms with van der Waals surface area (Å²) in [5, 5.41) is 6.76. The number of nitrogens with zero attached hydrogens (tertiary/aromatic N) is 1. The van der Waals surface area contributed by atoms with Crippen LogP contribution < -0.4 is 10.6 Å². The summed E-state index contributed by atoms with van der Waals surface area (Å²) in [7, 11) is 1.77. The number of thiazole rings is 1. The van der Waals surface area contributed by atoms with E-state index in [0.717, 1.165) is 15.6 Å². The molecule has 4 nitrogen and oxygen atoms in total. The number of benzene rings is 1. The predicted molar refractivity (Wildman–Crippen MR) is 78.2 cm³/mol. The first-order valence-corrected chi connectivity index (χ1v) is 7.21. The highest BCUT2D eigenvalue weighted by molar-refractivity contribution is 7.16. The molecule has 104 valence electrons. The van der Waals surface area contributed by atoms with Crippen LogP contribution in [0.4, 0.5) is 15.3 Å². The van der Waals surface area contributed by atoms with Gasteiger partial charge in [-0.15, -0.1) is 0 Å². The number of carbonyl (C=O) groups is 1. The van der Waals surface area contributed by atoms with Crippen LogP contribution in [-0.4, -0.2) is 17.9 Å². The number of anilines is 2. The average Bonchev–Trinajstić information content (AvgIpc) is 2.81. The fourth-order valence-electron chi connectivity index (χ4n) is 2.26. The zero-order valence-corrected chi connectivity index (χ0v) is 12.1. The third-order valence-corrected chi connectivity index (χ3v) is 4.68. The lowest BCUT2D eigenvalue weighted by Crippen LogP contribution is -2.22. The number of hydrogen-bond donors (Lipinski definition) is 2. The molecule has 1 atom stereocenters. The molecule has 3 rings (SSSR count). The fourth-order valence-corrected chi connectivity index (χ4v) is 3.55. The molecular weight excluding hydrogens is 301 g/mol. The molecule has 0 bridgehead atoms. The van der Waals surface area contributed by atoms with Crippen LogP contribution in [-0.2, 0) is 4.79 Å². The van der Waals surface area contributed by atoms with E-state index in [1.165, 1.54) is 23.5 Å². The van der Waals surface area contributed by atoms with Gasteiger partial charge in [-0.3, -0.25) is 4.79 Å². The number of amides is 1. The number of rotatable bonds is 2. The van der Waals surface area contributed by atoms with E-state index in [4.69, 9.17) is 11.6 Å². The zero-order valence-electron chi connectivity index (χ0n) is 10.5. The highest BCUT2D eigenvalue weighted by Crippen LogP contribution is 2.43. The van der Waals surface area contributed by atoms with Crippen LogP contribution in [0.25, 0.3) is 0 Å². The van der Waals surface area contributed by atoms with E-state index in [9.17, 15) is 9.18 Å². The maximum atomic E-state index is 13.2. The van der Waals surface area contributed by atoms with Crippen LogP contribution in [0.5, 0.6) is 0 Å². The Labute approximate surface area is 124 Å². The molecule has 0 fully saturated rings. The SMILES string of the molecule is CNc1nc2c(s1)[C@H](c1ccc(F)cc1Cl)CC(=O)N2. The van der Waals surface area contributed by atoms with Crippen LogP contribution in [0.1, 0.15) is 22.8 Å². The maximum Gasteiger partial charge on any atom is 0.226 e. The van der Waals surface area contributed by atoms with Crippen LogP contribution >= 0.6 is 22.9 Å². The van der Waals surface area contributed by atoms with Crippen LogP contribution in [0.2, 0.25) is 5.02 Å². The molecule has 1 aromatic carbocycles. The molecule has 2 heterocycles. The Hall–Kier alpha value is -1.66. The van der Waals surface area contributed by atoms with Crippen molar-refractivity contribution in [2.75, 3.05) is 17.7 Å². The fraction of sp³-hybridized carbons (Fsp3) is 0.231. The van der Waals surface area contributed by atoms with Gasteiger partial charge in [-0.1, -0.05) is 29.0 Å². The monoisotopic (exact) mass is 311 g/mol. The number of aromatic nitrogens is 1. The van der Waals surface area contributed by atoms with Crippen molar-refractivity contribution in [2.24, 2.45) is 0 Å². The highest BCUT2D eigenvalue weighted by atomic mass is 35.5. The molecule has 0 aliphatic carbocycles. The summed E-state index contributed by atoms with van der Waals surface area (Å²) in [6.07, 6.45) is 0.281. The molecular formula is C13H11ClFN3OS. The summed E-state index contributed by atoms with van der Waals surface area (Å²) in [6.45, 7) is 0. The molecule has 20 heavy (non-hydrogen) atoms. The second-order valence-electron chi connectivity index (χ2n) is 4.45. The maximum absolute atomic E-state index is 13.2. The van der Waals surface area contributed by atoms with Crippen molar-refractivity contribution in [2.45, 2.75) is 12.3 Å². The highest BCUT2D eigenvalue weighted by Gasteiger charge is 2.31. The largest absolute Gasteiger partial charge is 0.365 e. The molecule has 1 aromatic heterocycles. The van der Waals surface area contributed by atoms with Crippen molar-refractivity contribution < 1.29 is 9.18 Å². The first-order valence-electron chi connectivity index (χ1n) is 6.01. The standard InChI is InChI=1S/C13H11ClFN3OS/c1-16-13-18-12-11(20-13)8(5-10(19)17-12)7-3-2-6(15)4-9(7)14/h2-4,8H,5H2,1H3,(H,16,18)(H,17,19)/t8-/m0/s1. The molecule has 0 spiro atoms. The van der Waals surface area contributed by atoms with Crippen LogP contribution in [0.3, 0.4) is 0 Å². The Morgan fingerprint density at radius 3 is 3.05 bits per heavy atom. The summed E-state index contributed by atoms with van der Waals surface area (Å²) in [5.41, 5.74) is 0.746. The second-order valence-corrected chi connectivity index (χ2v) is 5.89. The summed E-state index contributed by atoms with van der Waals surface area (Å²) in [4.78, 5) is 17.0. The summed E-state index contributed by atoms with van der Waals surface area (Å²) < 4.78 is 13.2. The third-order valence-electron chi connectivity index (χ3n) is 3.17. The smallest absolute Gasteiger partial charge is 0.226 e. The van der Waals surface area contributed by atoms with E-state index in [2.05, 4.69) is 15.6 Å². The number of hydrogen-bond acceptors (Lipinski definition) is 4. The molecule has 0 saturated heterocycles. The lowest BCUT2D eigenvalue weighted by molar-refractivity contribution is -0.116. The van der Waals surface area contributed by atoms with Crippen LogP contribution in [0.15, 0.2) is 18.2 Å². The Kier molecular flexibility index (Phi) is 3.35. The van der Waals surface area contributed by atoms with Gasteiger partial charge in [0.2, 0.25) is 5.91 Å². The average molecular weight is 312 g/mol. The Balaban J connectivity index is 2.10. The van der Waals surface area contributed by atoms with Gasteiger partial charge in [0.1, 0.15) is 11.6 Å². The summed E-state index contributed by atoms with van der Waals surface area (Å²) in [6, 6.07) is 4.25.